The Labute approximate surface area is 124 Å². The molecule has 1 aromatic carbocycles. The van der Waals surface area contributed by atoms with Gasteiger partial charge in [-0.3, -0.25) is 0 Å². The van der Waals surface area contributed by atoms with E-state index in [1.807, 2.05) is 6.26 Å². The number of hydrogen-bond acceptors (Lipinski definition) is 4. The lowest BCUT2D eigenvalue weighted by Gasteiger charge is -2.10. The van der Waals surface area contributed by atoms with Gasteiger partial charge in [-0.05, 0) is 49.5 Å². The number of rotatable bonds is 7. The first-order chi connectivity index (χ1) is 8.88. The molecule has 0 radical (unpaired) electrons. The van der Waals surface area contributed by atoms with Crippen LogP contribution in [0.25, 0.3) is 0 Å². The summed E-state index contributed by atoms with van der Waals surface area (Å²) in [6, 6.07) is 2.97. The molecule has 0 aliphatic carbocycles. The van der Waals surface area contributed by atoms with Gasteiger partial charge in [-0.2, -0.15) is 11.8 Å². The van der Waals surface area contributed by atoms with Crippen molar-refractivity contribution in [3.05, 3.63) is 22.7 Å². The van der Waals surface area contributed by atoms with Crippen LogP contribution < -0.4 is 10.5 Å². The summed E-state index contributed by atoms with van der Waals surface area (Å²) >= 11 is 7.72. The number of sulfonamides is 1. The van der Waals surface area contributed by atoms with Crippen LogP contribution in [0.2, 0.25) is 5.02 Å². The zero-order valence-corrected chi connectivity index (χ0v) is 13.5. The number of halogens is 1. The summed E-state index contributed by atoms with van der Waals surface area (Å²) in [5.41, 5.74) is 6.92. The van der Waals surface area contributed by atoms with E-state index >= 15 is 0 Å². The Kier molecular flexibility index (Phi) is 6.46. The second-order valence-corrected chi connectivity index (χ2v) is 7.37. The van der Waals surface area contributed by atoms with Crippen molar-refractivity contribution in [2.75, 3.05) is 24.3 Å². The third-order valence-corrected chi connectivity index (χ3v) is 5.30. The van der Waals surface area contributed by atoms with E-state index in [9.17, 15) is 8.42 Å². The van der Waals surface area contributed by atoms with Crippen molar-refractivity contribution in [1.29, 1.82) is 0 Å². The average Bonchev–Trinajstić information content (AvgIpc) is 2.33. The first kappa shape index (κ1) is 16.6. The van der Waals surface area contributed by atoms with Gasteiger partial charge in [-0.15, -0.1) is 0 Å². The van der Waals surface area contributed by atoms with Gasteiger partial charge in [0.15, 0.2) is 0 Å². The molecule has 1 rings (SSSR count). The van der Waals surface area contributed by atoms with Gasteiger partial charge in [0, 0.05) is 12.2 Å². The van der Waals surface area contributed by atoms with E-state index in [1.54, 1.807) is 24.8 Å². The summed E-state index contributed by atoms with van der Waals surface area (Å²) in [5, 5.41) is 0.198. The monoisotopic (exact) mass is 322 g/mol. The maximum Gasteiger partial charge on any atom is 0.242 e. The molecule has 4 nitrogen and oxygen atoms in total. The van der Waals surface area contributed by atoms with Gasteiger partial charge < -0.3 is 5.73 Å². The highest BCUT2D eigenvalue weighted by Crippen LogP contribution is 2.26. The molecule has 108 valence electrons. The van der Waals surface area contributed by atoms with Crippen molar-refractivity contribution < 1.29 is 8.42 Å². The fourth-order valence-electron chi connectivity index (χ4n) is 1.53. The highest BCUT2D eigenvalue weighted by atomic mass is 35.5. The maximum atomic E-state index is 12.1. The highest BCUT2D eigenvalue weighted by molar-refractivity contribution is 7.98. The quantitative estimate of drug-likeness (QED) is 0.598. The summed E-state index contributed by atoms with van der Waals surface area (Å²) < 4.78 is 26.7. The van der Waals surface area contributed by atoms with Crippen LogP contribution in [0.5, 0.6) is 0 Å². The predicted octanol–water partition coefficient (Wildman–Crippen LogP) is 2.65. The van der Waals surface area contributed by atoms with Crippen molar-refractivity contribution in [2.24, 2.45) is 0 Å². The van der Waals surface area contributed by atoms with Crippen molar-refractivity contribution in [2.45, 2.75) is 24.7 Å². The van der Waals surface area contributed by atoms with Crippen LogP contribution in [-0.4, -0.2) is 27.0 Å². The van der Waals surface area contributed by atoms with Crippen LogP contribution in [0.3, 0.4) is 0 Å². The molecular formula is C12H19ClN2O2S2. The minimum Gasteiger partial charge on any atom is -0.398 e. The SMILES string of the molecule is CSCCCCNS(=O)(=O)c1cc(N)c(C)cc1Cl. The molecule has 0 bridgehead atoms. The van der Waals surface area contributed by atoms with Crippen LogP contribution in [-0.2, 0) is 10.0 Å². The molecule has 0 unspecified atom stereocenters. The van der Waals surface area contributed by atoms with Gasteiger partial charge in [0.05, 0.1) is 5.02 Å². The molecule has 0 fully saturated rings. The fourth-order valence-corrected chi connectivity index (χ4v) is 3.71. The van der Waals surface area contributed by atoms with Crippen molar-refractivity contribution >= 4 is 39.1 Å². The molecule has 0 saturated carbocycles. The van der Waals surface area contributed by atoms with E-state index in [0.29, 0.717) is 12.2 Å². The molecule has 1 aromatic rings. The zero-order valence-electron chi connectivity index (χ0n) is 11.1. The summed E-state index contributed by atoms with van der Waals surface area (Å²) in [6.07, 6.45) is 3.81. The highest BCUT2D eigenvalue weighted by Gasteiger charge is 2.18. The van der Waals surface area contributed by atoms with Crippen LogP contribution in [0.4, 0.5) is 5.69 Å². The largest absolute Gasteiger partial charge is 0.398 e. The minimum atomic E-state index is -3.59. The molecule has 0 aliphatic rings. The summed E-state index contributed by atoms with van der Waals surface area (Å²) in [6.45, 7) is 2.19. The number of hydrogen-bond donors (Lipinski definition) is 2. The van der Waals surface area contributed by atoms with E-state index in [-0.39, 0.29) is 9.92 Å². The van der Waals surface area contributed by atoms with Gasteiger partial charge in [0.25, 0.3) is 0 Å². The minimum absolute atomic E-state index is 0.0436. The number of benzene rings is 1. The molecule has 0 saturated heterocycles. The lowest BCUT2D eigenvalue weighted by atomic mass is 10.2. The first-order valence-electron chi connectivity index (χ1n) is 5.92. The number of thioether (sulfide) groups is 1. The molecule has 7 heteroatoms. The first-order valence-corrected chi connectivity index (χ1v) is 9.18. The van der Waals surface area contributed by atoms with Gasteiger partial charge in [0.2, 0.25) is 10.0 Å². The predicted molar refractivity (Wildman–Crippen MR) is 83.4 cm³/mol. The van der Waals surface area contributed by atoms with Crippen molar-refractivity contribution in [3.8, 4) is 0 Å². The smallest absolute Gasteiger partial charge is 0.242 e. The van der Waals surface area contributed by atoms with Crippen LogP contribution in [0.15, 0.2) is 17.0 Å². The van der Waals surface area contributed by atoms with Crippen LogP contribution >= 0.6 is 23.4 Å². The molecule has 0 spiro atoms. The Balaban J connectivity index is 2.75. The molecule has 0 heterocycles. The zero-order chi connectivity index (χ0) is 14.5. The molecule has 0 aliphatic heterocycles. The number of aryl methyl sites for hydroxylation is 1. The van der Waals surface area contributed by atoms with Crippen molar-refractivity contribution in [1.82, 2.24) is 4.72 Å². The van der Waals surface area contributed by atoms with E-state index in [4.69, 9.17) is 17.3 Å². The van der Waals surface area contributed by atoms with Crippen molar-refractivity contribution in [3.63, 3.8) is 0 Å². The second kappa shape index (κ2) is 7.38. The number of anilines is 1. The molecular weight excluding hydrogens is 304 g/mol. The standard InChI is InChI=1S/C12H19ClN2O2S2/c1-9-7-10(13)12(8-11(9)14)19(16,17)15-5-3-4-6-18-2/h7-8,15H,3-6,14H2,1-2H3. The molecule has 3 N–H and O–H groups in total. The lowest BCUT2D eigenvalue weighted by molar-refractivity contribution is 0.578. The van der Waals surface area contributed by atoms with Gasteiger partial charge >= 0.3 is 0 Å². The Morgan fingerprint density at radius 1 is 1.37 bits per heavy atom. The van der Waals surface area contributed by atoms with Gasteiger partial charge in [-0.25, -0.2) is 13.1 Å². The Hall–Kier alpha value is -0.430. The molecule has 0 amide bonds. The topological polar surface area (TPSA) is 72.2 Å². The van der Waals surface area contributed by atoms with E-state index < -0.39 is 10.0 Å². The lowest BCUT2D eigenvalue weighted by Crippen LogP contribution is -2.25. The summed E-state index contributed by atoms with van der Waals surface area (Å²) in [5.74, 6) is 1.03. The normalized spacial score (nSPS) is 11.7. The van der Waals surface area contributed by atoms with Crippen LogP contribution in [0, 0.1) is 6.92 Å². The third-order valence-electron chi connectivity index (χ3n) is 2.68. The van der Waals surface area contributed by atoms with E-state index in [1.165, 1.54) is 6.07 Å². The number of nitrogens with one attached hydrogen (secondary N) is 1. The van der Waals surface area contributed by atoms with Gasteiger partial charge in [0.1, 0.15) is 4.90 Å². The third kappa shape index (κ3) is 4.87. The Bertz CT molecular complexity index is 533. The molecule has 0 atom stereocenters. The number of unbranched alkanes of at least 4 members (excludes halogenated alkanes) is 1. The van der Waals surface area contributed by atoms with E-state index in [0.717, 1.165) is 24.2 Å². The molecule has 19 heavy (non-hydrogen) atoms. The Morgan fingerprint density at radius 2 is 2.05 bits per heavy atom. The number of nitrogens with two attached hydrogens (primary N) is 1. The van der Waals surface area contributed by atoms with Gasteiger partial charge in [-0.1, -0.05) is 11.6 Å². The Morgan fingerprint density at radius 3 is 2.68 bits per heavy atom. The molecule has 0 aromatic heterocycles. The van der Waals surface area contributed by atoms with Crippen LogP contribution in [0.1, 0.15) is 18.4 Å². The van der Waals surface area contributed by atoms with E-state index in [2.05, 4.69) is 4.72 Å². The fraction of sp³-hybridized carbons (Fsp3) is 0.500. The summed E-state index contributed by atoms with van der Waals surface area (Å²) in [7, 11) is -3.59. The number of nitrogen functional groups attached to an aromatic ring is 1. The maximum absolute atomic E-state index is 12.1. The second-order valence-electron chi connectivity index (χ2n) is 4.24. The average molecular weight is 323 g/mol. The summed E-state index contributed by atoms with van der Waals surface area (Å²) in [4.78, 5) is 0.0436.